The first kappa shape index (κ1) is 17.6. The highest BCUT2D eigenvalue weighted by atomic mass is 16.5. The fraction of sp³-hybridized carbons (Fsp3) is 0.381. The summed E-state index contributed by atoms with van der Waals surface area (Å²) in [5.74, 6) is 0.376. The number of amides is 1. The molecule has 0 spiro atoms. The Balaban J connectivity index is 1.43. The second-order valence-corrected chi connectivity index (χ2v) is 6.78. The second kappa shape index (κ2) is 8.79. The van der Waals surface area contributed by atoms with E-state index in [0.717, 1.165) is 36.1 Å². The van der Waals surface area contributed by atoms with Gasteiger partial charge in [-0.15, -0.1) is 0 Å². The number of carbonyl (C=O) groups is 1. The second-order valence-electron chi connectivity index (χ2n) is 6.78. The zero-order valence-electron chi connectivity index (χ0n) is 14.5. The summed E-state index contributed by atoms with van der Waals surface area (Å²) in [4.78, 5) is 12.1. The van der Waals surface area contributed by atoms with Gasteiger partial charge < -0.3 is 15.8 Å². The summed E-state index contributed by atoms with van der Waals surface area (Å²) in [6.45, 7) is 1.15. The van der Waals surface area contributed by atoms with Crippen LogP contribution in [0.5, 0.6) is 0 Å². The van der Waals surface area contributed by atoms with Crippen LogP contribution in [-0.2, 0) is 22.7 Å². The molecule has 132 valence electrons. The maximum Gasteiger partial charge on any atom is 0.224 e. The monoisotopic (exact) mass is 338 g/mol. The highest BCUT2D eigenvalue weighted by molar-refractivity contribution is 5.90. The molecule has 2 aromatic rings. The van der Waals surface area contributed by atoms with E-state index in [2.05, 4.69) is 17.4 Å². The molecule has 0 saturated heterocycles. The third kappa shape index (κ3) is 5.41. The Hall–Kier alpha value is -2.17. The minimum atomic E-state index is 0.0513. The van der Waals surface area contributed by atoms with Crippen molar-refractivity contribution >= 4 is 11.6 Å². The van der Waals surface area contributed by atoms with Crippen LogP contribution in [0.25, 0.3) is 0 Å². The number of ether oxygens (including phenoxy) is 1. The topological polar surface area (TPSA) is 64.4 Å². The average Bonchev–Trinajstić information content (AvgIpc) is 3.02. The van der Waals surface area contributed by atoms with E-state index in [1.807, 2.05) is 42.5 Å². The quantitative estimate of drug-likeness (QED) is 0.806. The van der Waals surface area contributed by atoms with Crippen LogP contribution in [0.2, 0.25) is 0 Å². The zero-order chi connectivity index (χ0) is 17.5. The summed E-state index contributed by atoms with van der Waals surface area (Å²) in [5.41, 5.74) is 9.11. The van der Waals surface area contributed by atoms with E-state index in [1.54, 1.807) is 0 Å². The fourth-order valence-electron chi connectivity index (χ4n) is 3.31. The van der Waals surface area contributed by atoms with Gasteiger partial charge in [-0.2, -0.15) is 0 Å². The zero-order valence-corrected chi connectivity index (χ0v) is 14.5. The van der Waals surface area contributed by atoms with Crippen LogP contribution >= 0.6 is 0 Å². The molecule has 1 aliphatic carbocycles. The molecule has 2 atom stereocenters. The fourth-order valence-corrected chi connectivity index (χ4v) is 3.31. The predicted molar refractivity (Wildman–Crippen MR) is 99.9 cm³/mol. The van der Waals surface area contributed by atoms with Gasteiger partial charge in [-0.05, 0) is 42.0 Å². The van der Waals surface area contributed by atoms with Crippen molar-refractivity contribution in [1.29, 1.82) is 0 Å². The van der Waals surface area contributed by atoms with Crippen LogP contribution in [-0.4, -0.2) is 11.9 Å². The molecule has 0 aliphatic heterocycles. The van der Waals surface area contributed by atoms with Crippen molar-refractivity contribution < 1.29 is 9.53 Å². The van der Waals surface area contributed by atoms with E-state index in [0.29, 0.717) is 25.6 Å². The lowest BCUT2D eigenvalue weighted by Crippen LogP contribution is -2.28. The minimum absolute atomic E-state index is 0.0513. The molecule has 2 aromatic carbocycles. The van der Waals surface area contributed by atoms with Crippen molar-refractivity contribution in [1.82, 2.24) is 0 Å². The van der Waals surface area contributed by atoms with Gasteiger partial charge in [-0.3, -0.25) is 4.79 Å². The van der Waals surface area contributed by atoms with Crippen molar-refractivity contribution in [2.24, 2.45) is 11.7 Å². The van der Waals surface area contributed by atoms with E-state index in [4.69, 9.17) is 10.5 Å². The molecule has 1 saturated carbocycles. The smallest absolute Gasteiger partial charge is 0.224 e. The van der Waals surface area contributed by atoms with Crippen LogP contribution < -0.4 is 11.1 Å². The highest BCUT2D eigenvalue weighted by Gasteiger charge is 2.25. The Morgan fingerprint density at radius 1 is 1.00 bits per heavy atom. The minimum Gasteiger partial charge on any atom is -0.372 e. The van der Waals surface area contributed by atoms with Crippen molar-refractivity contribution in [3.05, 3.63) is 65.7 Å². The predicted octanol–water partition coefficient (Wildman–Crippen LogP) is 3.86. The number of carbonyl (C=O) groups excluding carboxylic acids is 1. The summed E-state index contributed by atoms with van der Waals surface area (Å²) in [6.07, 6.45) is 3.75. The van der Waals surface area contributed by atoms with Gasteiger partial charge in [0.05, 0.1) is 13.2 Å². The Bertz CT molecular complexity index is 670. The summed E-state index contributed by atoms with van der Waals surface area (Å²) in [5, 5.41) is 2.96. The van der Waals surface area contributed by atoms with Crippen molar-refractivity contribution in [3.63, 3.8) is 0 Å². The summed E-state index contributed by atoms with van der Waals surface area (Å²) < 4.78 is 5.73. The third-order valence-electron chi connectivity index (χ3n) is 4.78. The molecular weight excluding hydrogens is 312 g/mol. The molecule has 0 heterocycles. The largest absolute Gasteiger partial charge is 0.372 e. The molecule has 1 fully saturated rings. The lowest BCUT2D eigenvalue weighted by molar-refractivity contribution is -0.117. The number of benzene rings is 2. The van der Waals surface area contributed by atoms with Crippen LogP contribution in [0.4, 0.5) is 5.69 Å². The number of nitrogens with two attached hydrogens (primary N) is 1. The van der Waals surface area contributed by atoms with E-state index in [9.17, 15) is 4.79 Å². The SMILES string of the molecule is N[C@@H]1CCC[C@H]1CC(=O)Nc1ccc(COCc2ccccc2)cc1. The van der Waals surface area contributed by atoms with Gasteiger partial charge in [0.1, 0.15) is 0 Å². The molecule has 4 nitrogen and oxygen atoms in total. The number of anilines is 1. The average molecular weight is 338 g/mol. The lowest BCUT2D eigenvalue weighted by atomic mass is 10.00. The van der Waals surface area contributed by atoms with E-state index in [1.165, 1.54) is 0 Å². The van der Waals surface area contributed by atoms with Crippen LogP contribution in [0, 0.1) is 5.92 Å². The van der Waals surface area contributed by atoms with Gasteiger partial charge in [0.25, 0.3) is 0 Å². The van der Waals surface area contributed by atoms with Crippen molar-refractivity contribution in [3.8, 4) is 0 Å². The van der Waals surface area contributed by atoms with E-state index < -0.39 is 0 Å². The van der Waals surface area contributed by atoms with Crippen molar-refractivity contribution in [2.75, 3.05) is 5.32 Å². The van der Waals surface area contributed by atoms with E-state index in [-0.39, 0.29) is 11.9 Å². The molecule has 1 amide bonds. The maximum atomic E-state index is 12.1. The number of nitrogens with one attached hydrogen (secondary N) is 1. The normalized spacial score (nSPS) is 19.7. The lowest BCUT2D eigenvalue weighted by Gasteiger charge is -2.15. The summed E-state index contributed by atoms with van der Waals surface area (Å²) in [7, 11) is 0. The highest BCUT2D eigenvalue weighted by Crippen LogP contribution is 2.27. The third-order valence-corrected chi connectivity index (χ3v) is 4.78. The van der Waals surface area contributed by atoms with E-state index >= 15 is 0 Å². The first-order valence-electron chi connectivity index (χ1n) is 8.97. The van der Waals surface area contributed by atoms with Gasteiger partial charge in [-0.25, -0.2) is 0 Å². The first-order valence-corrected chi connectivity index (χ1v) is 8.97. The molecule has 1 aliphatic rings. The molecule has 0 bridgehead atoms. The van der Waals surface area contributed by atoms with Gasteiger partial charge in [-0.1, -0.05) is 48.9 Å². The van der Waals surface area contributed by atoms with Crippen LogP contribution in [0.15, 0.2) is 54.6 Å². The van der Waals surface area contributed by atoms with Crippen LogP contribution in [0.3, 0.4) is 0 Å². The molecular formula is C21H26N2O2. The number of rotatable bonds is 7. The van der Waals surface area contributed by atoms with Gasteiger partial charge in [0.15, 0.2) is 0 Å². The first-order chi connectivity index (χ1) is 12.2. The molecule has 3 N–H and O–H groups in total. The van der Waals surface area contributed by atoms with Gasteiger partial charge >= 0.3 is 0 Å². The number of hydrogen-bond acceptors (Lipinski definition) is 3. The number of hydrogen-bond donors (Lipinski definition) is 2. The Morgan fingerprint density at radius 2 is 1.68 bits per heavy atom. The molecule has 25 heavy (non-hydrogen) atoms. The molecule has 4 heteroatoms. The molecule has 3 rings (SSSR count). The Labute approximate surface area is 149 Å². The van der Waals surface area contributed by atoms with Gasteiger partial charge in [0, 0.05) is 18.2 Å². The Kier molecular flexibility index (Phi) is 6.20. The maximum absolute atomic E-state index is 12.1. The standard InChI is InChI=1S/C21H26N2O2/c22-20-8-4-7-18(20)13-21(24)23-19-11-9-17(10-12-19)15-25-14-16-5-2-1-3-6-16/h1-3,5-6,9-12,18,20H,4,7-8,13-15,22H2,(H,23,24)/t18-,20+/m0/s1. The summed E-state index contributed by atoms with van der Waals surface area (Å²) >= 11 is 0. The molecule has 0 radical (unpaired) electrons. The molecule has 0 unspecified atom stereocenters. The molecule has 0 aromatic heterocycles. The van der Waals surface area contributed by atoms with Crippen LogP contribution in [0.1, 0.15) is 36.8 Å². The van der Waals surface area contributed by atoms with Gasteiger partial charge in [0.2, 0.25) is 5.91 Å². The summed E-state index contributed by atoms with van der Waals surface area (Å²) in [6, 6.07) is 18.1. The Morgan fingerprint density at radius 3 is 2.32 bits per heavy atom. The van der Waals surface area contributed by atoms with Crippen molar-refractivity contribution in [2.45, 2.75) is 44.9 Å².